The average molecular weight is 313 g/mol. The molecule has 0 fully saturated rings. The highest BCUT2D eigenvalue weighted by atomic mass is 79.9. The lowest BCUT2D eigenvalue weighted by Gasteiger charge is -2.09. The van der Waals surface area contributed by atoms with Crippen LogP contribution >= 0.6 is 15.9 Å². The van der Waals surface area contributed by atoms with Gasteiger partial charge in [0.2, 0.25) is 0 Å². The van der Waals surface area contributed by atoms with Gasteiger partial charge in [-0.2, -0.15) is 0 Å². The molecule has 0 spiro atoms. The van der Waals surface area contributed by atoms with Gasteiger partial charge in [-0.25, -0.2) is 13.8 Å². The molecule has 0 saturated carbocycles. The summed E-state index contributed by atoms with van der Waals surface area (Å²) in [6, 6.07) is 5.45. The molecule has 0 unspecified atom stereocenters. The Balaban J connectivity index is 2.11. The van der Waals surface area contributed by atoms with Crippen LogP contribution in [0.5, 0.6) is 0 Å². The first-order valence-electron chi connectivity index (χ1n) is 5.36. The van der Waals surface area contributed by atoms with E-state index in [0.29, 0.717) is 11.4 Å². The second kappa shape index (κ2) is 5.44. The number of halogens is 3. The van der Waals surface area contributed by atoms with E-state index in [-0.39, 0.29) is 6.54 Å². The summed E-state index contributed by atoms with van der Waals surface area (Å²) >= 11 is 3.32. The summed E-state index contributed by atoms with van der Waals surface area (Å²) in [5.41, 5.74) is 1.35. The van der Waals surface area contributed by atoms with Crippen molar-refractivity contribution in [1.82, 2.24) is 4.98 Å². The monoisotopic (exact) mass is 312 g/mol. The molecule has 0 amide bonds. The molecule has 1 aromatic heterocycles. The molecule has 0 aliphatic carbocycles. The van der Waals surface area contributed by atoms with Gasteiger partial charge in [-0.05, 0) is 40.5 Å². The van der Waals surface area contributed by atoms with Crippen LogP contribution in [0.4, 0.5) is 14.6 Å². The van der Waals surface area contributed by atoms with Gasteiger partial charge in [-0.3, -0.25) is 0 Å². The van der Waals surface area contributed by atoms with E-state index in [1.807, 2.05) is 13.0 Å². The van der Waals surface area contributed by atoms with Crippen molar-refractivity contribution in [2.75, 3.05) is 5.32 Å². The van der Waals surface area contributed by atoms with Crippen molar-refractivity contribution in [3.8, 4) is 0 Å². The second-order valence-electron chi connectivity index (χ2n) is 3.91. The predicted molar refractivity (Wildman–Crippen MR) is 70.4 cm³/mol. The number of aryl methyl sites for hydroxylation is 1. The van der Waals surface area contributed by atoms with Crippen LogP contribution in [0.2, 0.25) is 0 Å². The van der Waals surface area contributed by atoms with E-state index in [0.717, 1.165) is 16.1 Å². The number of nitrogens with one attached hydrogen (secondary N) is 1. The molecule has 18 heavy (non-hydrogen) atoms. The lowest BCUT2D eigenvalue weighted by molar-refractivity contribution is 0.574. The molecule has 0 aliphatic heterocycles. The quantitative estimate of drug-likeness (QED) is 0.925. The molecule has 0 bridgehead atoms. The molecule has 0 saturated heterocycles. The SMILES string of the molecule is Cc1cc(Br)cnc1NCc1ccc(F)cc1F. The molecule has 1 N–H and O–H groups in total. The smallest absolute Gasteiger partial charge is 0.131 e. The lowest BCUT2D eigenvalue weighted by atomic mass is 10.2. The van der Waals surface area contributed by atoms with E-state index >= 15 is 0 Å². The third kappa shape index (κ3) is 3.04. The van der Waals surface area contributed by atoms with E-state index in [1.54, 1.807) is 6.20 Å². The number of benzene rings is 1. The highest BCUT2D eigenvalue weighted by Gasteiger charge is 2.05. The number of hydrogen-bond donors (Lipinski definition) is 1. The van der Waals surface area contributed by atoms with Crippen LogP contribution in [0, 0.1) is 18.6 Å². The number of rotatable bonds is 3. The maximum atomic E-state index is 13.4. The normalized spacial score (nSPS) is 10.4. The van der Waals surface area contributed by atoms with E-state index in [9.17, 15) is 8.78 Å². The van der Waals surface area contributed by atoms with Crippen LogP contribution in [0.1, 0.15) is 11.1 Å². The van der Waals surface area contributed by atoms with Gasteiger partial charge in [0.25, 0.3) is 0 Å². The number of nitrogens with zero attached hydrogens (tertiary/aromatic N) is 1. The summed E-state index contributed by atoms with van der Waals surface area (Å²) in [5.74, 6) is -0.451. The van der Waals surface area contributed by atoms with Gasteiger partial charge < -0.3 is 5.32 Å². The average Bonchev–Trinajstić information content (AvgIpc) is 2.30. The fourth-order valence-electron chi connectivity index (χ4n) is 1.57. The standard InChI is InChI=1S/C13H11BrF2N2/c1-8-4-10(14)7-18-13(8)17-6-9-2-3-11(15)5-12(9)16/h2-5,7H,6H2,1H3,(H,17,18). The first kappa shape index (κ1) is 13.0. The Morgan fingerprint density at radius 1 is 1.28 bits per heavy atom. The van der Waals surface area contributed by atoms with Gasteiger partial charge in [0.1, 0.15) is 17.5 Å². The summed E-state index contributed by atoms with van der Waals surface area (Å²) < 4.78 is 27.0. The molecule has 2 aromatic rings. The number of pyridine rings is 1. The molecule has 0 atom stereocenters. The Morgan fingerprint density at radius 2 is 2.06 bits per heavy atom. The maximum absolute atomic E-state index is 13.4. The first-order valence-corrected chi connectivity index (χ1v) is 6.15. The highest BCUT2D eigenvalue weighted by Crippen LogP contribution is 2.18. The Hall–Kier alpha value is -1.49. The van der Waals surface area contributed by atoms with Crippen molar-refractivity contribution < 1.29 is 8.78 Å². The summed E-state index contributed by atoms with van der Waals surface area (Å²) in [7, 11) is 0. The van der Waals surface area contributed by atoms with E-state index in [1.165, 1.54) is 12.1 Å². The number of hydrogen-bond acceptors (Lipinski definition) is 2. The molecular formula is C13H11BrF2N2. The summed E-state index contributed by atoms with van der Waals surface area (Å²) in [5, 5.41) is 3.02. The first-order chi connectivity index (χ1) is 8.56. The third-order valence-electron chi connectivity index (χ3n) is 2.51. The Morgan fingerprint density at radius 3 is 2.72 bits per heavy atom. The molecule has 0 aliphatic rings. The second-order valence-corrected chi connectivity index (χ2v) is 4.82. The topological polar surface area (TPSA) is 24.9 Å². The van der Waals surface area contributed by atoms with E-state index < -0.39 is 11.6 Å². The van der Waals surface area contributed by atoms with Gasteiger partial charge in [-0.1, -0.05) is 6.07 Å². The zero-order valence-electron chi connectivity index (χ0n) is 9.67. The molecule has 2 rings (SSSR count). The zero-order valence-corrected chi connectivity index (χ0v) is 11.3. The highest BCUT2D eigenvalue weighted by molar-refractivity contribution is 9.10. The number of anilines is 1. The van der Waals surface area contributed by atoms with Crippen molar-refractivity contribution in [2.24, 2.45) is 0 Å². The Bertz CT molecular complexity index is 521. The maximum Gasteiger partial charge on any atom is 0.131 e. The molecule has 2 nitrogen and oxygen atoms in total. The zero-order chi connectivity index (χ0) is 13.1. The molecule has 94 valence electrons. The van der Waals surface area contributed by atoms with Gasteiger partial charge in [-0.15, -0.1) is 0 Å². The minimum atomic E-state index is -0.575. The van der Waals surface area contributed by atoms with Gasteiger partial charge >= 0.3 is 0 Å². The van der Waals surface area contributed by atoms with Crippen LogP contribution in [-0.4, -0.2) is 4.98 Å². The fraction of sp³-hybridized carbons (Fsp3) is 0.154. The van der Waals surface area contributed by atoms with Crippen LogP contribution < -0.4 is 5.32 Å². The van der Waals surface area contributed by atoms with Crippen LogP contribution in [-0.2, 0) is 6.54 Å². The van der Waals surface area contributed by atoms with Crippen LogP contribution in [0.25, 0.3) is 0 Å². The van der Waals surface area contributed by atoms with Gasteiger partial charge in [0.05, 0.1) is 0 Å². The Labute approximate surface area is 112 Å². The van der Waals surface area contributed by atoms with Crippen molar-refractivity contribution in [3.63, 3.8) is 0 Å². The van der Waals surface area contributed by atoms with Crippen LogP contribution in [0.3, 0.4) is 0 Å². The minimum absolute atomic E-state index is 0.265. The lowest BCUT2D eigenvalue weighted by Crippen LogP contribution is -2.05. The van der Waals surface area contributed by atoms with Crippen molar-refractivity contribution in [2.45, 2.75) is 13.5 Å². The Kier molecular flexibility index (Phi) is 3.91. The molecule has 1 heterocycles. The van der Waals surface area contributed by atoms with Crippen molar-refractivity contribution in [1.29, 1.82) is 0 Å². The predicted octanol–water partition coefficient (Wildman–Crippen LogP) is 4.04. The number of aromatic nitrogens is 1. The van der Waals surface area contributed by atoms with E-state index in [4.69, 9.17) is 0 Å². The van der Waals surface area contributed by atoms with Crippen LogP contribution in [0.15, 0.2) is 34.9 Å². The summed E-state index contributed by atoms with van der Waals surface area (Å²) in [4.78, 5) is 4.19. The third-order valence-corrected chi connectivity index (χ3v) is 2.94. The summed E-state index contributed by atoms with van der Waals surface area (Å²) in [6.45, 7) is 2.17. The van der Waals surface area contributed by atoms with Gasteiger partial charge in [0, 0.05) is 28.8 Å². The van der Waals surface area contributed by atoms with Gasteiger partial charge in [0.15, 0.2) is 0 Å². The van der Waals surface area contributed by atoms with Crippen molar-refractivity contribution >= 4 is 21.7 Å². The largest absolute Gasteiger partial charge is 0.366 e. The van der Waals surface area contributed by atoms with Crippen molar-refractivity contribution in [3.05, 3.63) is 57.7 Å². The fourth-order valence-corrected chi connectivity index (χ4v) is 2.02. The minimum Gasteiger partial charge on any atom is -0.366 e. The molecular weight excluding hydrogens is 302 g/mol. The molecule has 0 radical (unpaired) electrons. The summed E-state index contributed by atoms with van der Waals surface area (Å²) in [6.07, 6.45) is 1.66. The molecule has 1 aromatic carbocycles. The molecule has 5 heteroatoms. The van der Waals surface area contributed by atoms with E-state index in [2.05, 4.69) is 26.2 Å².